The Morgan fingerprint density at radius 2 is 2.00 bits per heavy atom. The first-order valence-corrected chi connectivity index (χ1v) is 10.2. The van der Waals surface area contributed by atoms with Crippen LogP contribution in [0.1, 0.15) is 30.5 Å². The molecule has 32 heavy (non-hydrogen) atoms. The Bertz CT molecular complexity index is 1190. The van der Waals surface area contributed by atoms with E-state index in [1.807, 2.05) is 70.4 Å². The highest BCUT2D eigenvalue weighted by molar-refractivity contribution is 5.81. The molecule has 1 aromatic heterocycles. The Hall–Kier alpha value is -3.96. The van der Waals surface area contributed by atoms with Crippen LogP contribution in [0.3, 0.4) is 0 Å². The molecule has 164 valence electrons. The van der Waals surface area contributed by atoms with Gasteiger partial charge in [0.15, 0.2) is 0 Å². The first-order valence-electron chi connectivity index (χ1n) is 10.2. The quantitative estimate of drug-likeness (QED) is 0.418. The zero-order valence-corrected chi connectivity index (χ0v) is 18.6. The van der Waals surface area contributed by atoms with E-state index in [0.29, 0.717) is 11.3 Å². The van der Waals surface area contributed by atoms with Crippen LogP contribution in [0.4, 0.5) is 5.95 Å². The van der Waals surface area contributed by atoms with Gasteiger partial charge in [-0.1, -0.05) is 30.3 Å². The predicted molar refractivity (Wildman–Crippen MR) is 126 cm³/mol. The fourth-order valence-electron chi connectivity index (χ4n) is 3.12. The summed E-state index contributed by atoms with van der Waals surface area (Å²) in [5.74, 6) is 0.988. The monoisotopic (exact) mass is 430 g/mol. The summed E-state index contributed by atoms with van der Waals surface area (Å²) < 4.78 is 5.90. The average Bonchev–Trinajstić information content (AvgIpc) is 2.75. The minimum absolute atomic E-state index is 0.0419. The number of H-pyrrole nitrogens is 1. The number of benzene rings is 2. The number of hydrazone groups is 1. The Morgan fingerprint density at radius 3 is 2.66 bits per heavy atom. The van der Waals surface area contributed by atoms with E-state index in [-0.39, 0.29) is 17.6 Å². The van der Waals surface area contributed by atoms with Gasteiger partial charge in [0, 0.05) is 17.7 Å². The number of hydrogen-bond acceptors (Lipinski definition) is 7. The molecular weight excluding hydrogens is 404 g/mol. The van der Waals surface area contributed by atoms with Gasteiger partial charge in [-0.05, 0) is 51.7 Å². The molecule has 0 aliphatic heterocycles. The maximum Gasteiger partial charge on any atom is 0.270 e. The summed E-state index contributed by atoms with van der Waals surface area (Å²) in [6.45, 7) is 4.71. The van der Waals surface area contributed by atoms with Crippen molar-refractivity contribution in [2.45, 2.75) is 26.5 Å². The van der Waals surface area contributed by atoms with Gasteiger partial charge in [0.05, 0.1) is 18.0 Å². The minimum Gasteiger partial charge on any atom is -0.491 e. The van der Waals surface area contributed by atoms with E-state index >= 15 is 0 Å². The van der Waals surface area contributed by atoms with Crippen LogP contribution < -0.4 is 15.7 Å². The van der Waals surface area contributed by atoms with E-state index in [4.69, 9.17) is 4.74 Å². The molecule has 0 aliphatic carbocycles. The summed E-state index contributed by atoms with van der Waals surface area (Å²) in [7, 11) is 4.00. The molecule has 0 fully saturated rings. The molecule has 0 atom stereocenters. The van der Waals surface area contributed by atoms with Crippen LogP contribution in [0.25, 0.3) is 11.3 Å². The third-order valence-corrected chi connectivity index (χ3v) is 4.40. The van der Waals surface area contributed by atoms with Gasteiger partial charge in [0.2, 0.25) is 5.95 Å². The lowest BCUT2D eigenvalue weighted by atomic mass is 10.1. The number of anilines is 1. The largest absolute Gasteiger partial charge is 0.491 e. The Labute approximate surface area is 187 Å². The molecule has 0 unspecified atom stereocenters. The van der Waals surface area contributed by atoms with E-state index in [2.05, 4.69) is 25.4 Å². The van der Waals surface area contributed by atoms with Gasteiger partial charge in [0.1, 0.15) is 17.4 Å². The first kappa shape index (κ1) is 22.7. The van der Waals surface area contributed by atoms with Crippen LogP contribution in [0.2, 0.25) is 0 Å². The Morgan fingerprint density at radius 1 is 1.25 bits per heavy atom. The summed E-state index contributed by atoms with van der Waals surface area (Å²) in [5, 5.41) is 13.6. The van der Waals surface area contributed by atoms with Crippen molar-refractivity contribution >= 4 is 12.2 Å². The molecule has 2 N–H and O–H groups in total. The fourth-order valence-corrected chi connectivity index (χ4v) is 3.12. The van der Waals surface area contributed by atoms with Gasteiger partial charge in [-0.25, -0.2) is 10.4 Å². The minimum atomic E-state index is -0.525. The lowest BCUT2D eigenvalue weighted by Gasteiger charge is -2.17. The normalized spacial score (nSPS) is 11.2. The lowest BCUT2D eigenvalue weighted by molar-refractivity contribution is 0.236. The van der Waals surface area contributed by atoms with Crippen molar-refractivity contribution in [2.24, 2.45) is 5.10 Å². The molecule has 0 spiro atoms. The standard InChI is InChI=1S/C24H26N6O2/c1-16(2)32-21-11-10-17(12-19(21)15-30(3)4)14-26-29-24-27-22(18-8-6-5-7-9-18)20(13-25)23(31)28-24/h5-12,14,16H,15H2,1-4H3,(H2,27,28,29,31). The molecule has 8 nitrogen and oxygen atoms in total. The van der Waals surface area contributed by atoms with Gasteiger partial charge < -0.3 is 9.64 Å². The summed E-state index contributed by atoms with van der Waals surface area (Å²) in [5.41, 5.74) is 5.08. The smallest absolute Gasteiger partial charge is 0.270 e. The van der Waals surface area contributed by atoms with Gasteiger partial charge in [-0.3, -0.25) is 9.78 Å². The van der Waals surface area contributed by atoms with E-state index in [1.54, 1.807) is 18.3 Å². The topological polar surface area (TPSA) is 106 Å². The highest BCUT2D eigenvalue weighted by Crippen LogP contribution is 2.22. The molecule has 8 heteroatoms. The first-order chi connectivity index (χ1) is 15.4. The SMILES string of the molecule is CC(C)Oc1ccc(C=NNc2nc(-c3ccccc3)c(C#N)c(=O)[nH]2)cc1CN(C)C. The molecule has 0 saturated carbocycles. The van der Waals surface area contributed by atoms with Gasteiger partial charge in [-0.2, -0.15) is 10.4 Å². The number of rotatable bonds is 8. The number of aromatic amines is 1. The molecule has 0 amide bonds. The van der Waals surface area contributed by atoms with E-state index in [1.165, 1.54) is 0 Å². The summed E-state index contributed by atoms with van der Waals surface area (Å²) in [4.78, 5) is 21.3. The molecule has 0 bridgehead atoms. The number of hydrogen-bond donors (Lipinski definition) is 2. The van der Waals surface area contributed by atoms with Crippen LogP contribution in [0.5, 0.6) is 5.75 Å². The van der Waals surface area contributed by atoms with Crippen LogP contribution in [0, 0.1) is 11.3 Å². The second kappa shape index (κ2) is 10.4. The van der Waals surface area contributed by atoms with Crippen LogP contribution >= 0.6 is 0 Å². The van der Waals surface area contributed by atoms with E-state index in [0.717, 1.165) is 23.4 Å². The molecule has 3 rings (SSSR count). The van der Waals surface area contributed by atoms with Crippen molar-refractivity contribution in [3.05, 3.63) is 75.6 Å². The third-order valence-electron chi connectivity index (χ3n) is 4.40. The maximum absolute atomic E-state index is 12.3. The van der Waals surface area contributed by atoms with Gasteiger partial charge in [0.25, 0.3) is 5.56 Å². The Kier molecular flexibility index (Phi) is 7.37. The van der Waals surface area contributed by atoms with Crippen molar-refractivity contribution in [3.63, 3.8) is 0 Å². The summed E-state index contributed by atoms with van der Waals surface area (Å²) in [6, 6.07) is 16.9. The molecule has 0 radical (unpaired) electrons. The molecule has 2 aromatic carbocycles. The van der Waals surface area contributed by atoms with Crippen molar-refractivity contribution in [3.8, 4) is 23.1 Å². The zero-order valence-electron chi connectivity index (χ0n) is 18.6. The average molecular weight is 431 g/mol. The molecule has 0 saturated heterocycles. The summed E-state index contributed by atoms with van der Waals surface area (Å²) >= 11 is 0. The number of nitriles is 1. The molecule has 1 heterocycles. The number of nitrogens with zero attached hydrogens (tertiary/aromatic N) is 4. The zero-order chi connectivity index (χ0) is 23.1. The second-order valence-electron chi connectivity index (χ2n) is 7.76. The van der Waals surface area contributed by atoms with Crippen LogP contribution in [-0.2, 0) is 6.54 Å². The van der Waals surface area contributed by atoms with E-state index < -0.39 is 5.56 Å². The van der Waals surface area contributed by atoms with E-state index in [9.17, 15) is 10.1 Å². The van der Waals surface area contributed by atoms with Crippen LogP contribution in [-0.4, -0.2) is 41.3 Å². The predicted octanol–water partition coefficient (Wildman–Crippen LogP) is 3.60. The van der Waals surface area contributed by atoms with Gasteiger partial charge >= 0.3 is 0 Å². The maximum atomic E-state index is 12.3. The number of aromatic nitrogens is 2. The Balaban J connectivity index is 1.85. The van der Waals surface area contributed by atoms with Crippen molar-refractivity contribution in [1.82, 2.24) is 14.9 Å². The molecule has 0 aliphatic rings. The number of ether oxygens (including phenoxy) is 1. The van der Waals surface area contributed by atoms with Crippen molar-refractivity contribution in [2.75, 3.05) is 19.5 Å². The third kappa shape index (κ3) is 5.80. The van der Waals surface area contributed by atoms with Crippen LogP contribution in [0.15, 0.2) is 58.4 Å². The number of nitrogens with one attached hydrogen (secondary N) is 2. The molecular formula is C24H26N6O2. The fraction of sp³-hybridized carbons (Fsp3) is 0.250. The van der Waals surface area contributed by atoms with Gasteiger partial charge in [-0.15, -0.1) is 0 Å². The molecule has 3 aromatic rings. The second-order valence-corrected chi connectivity index (χ2v) is 7.76. The van der Waals surface area contributed by atoms with Crippen molar-refractivity contribution < 1.29 is 4.74 Å². The highest BCUT2D eigenvalue weighted by Gasteiger charge is 2.13. The highest BCUT2D eigenvalue weighted by atomic mass is 16.5. The van der Waals surface area contributed by atoms with Crippen molar-refractivity contribution in [1.29, 1.82) is 5.26 Å². The summed E-state index contributed by atoms with van der Waals surface area (Å²) in [6.07, 6.45) is 1.72. The lowest BCUT2D eigenvalue weighted by Crippen LogP contribution is -2.16.